The SMILES string of the molecule is CC(C)(O)C#Cc1ccc(-c2cn(Cc3c(F)cccc3F)nn2)s1. The largest absolute Gasteiger partial charge is 0.378 e. The summed E-state index contributed by atoms with van der Waals surface area (Å²) in [5, 5.41) is 17.6. The third-order valence-electron chi connectivity index (χ3n) is 3.27. The molecule has 0 aliphatic heterocycles. The molecule has 0 amide bonds. The molecule has 0 spiro atoms. The van der Waals surface area contributed by atoms with Gasteiger partial charge >= 0.3 is 0 Å². The Morgan fingerprint density at radius 2 is 1.92 bits per heavy atom. The summed E-state index contributed by atoms with van der Waals surface area (Å²) in [5.41, 5.74) is -0.517. The highest BCUT2D eigenvalue weighted by molar-refractivity contribution is 7.16. The predicted octanol–water partition coefficient (Wildman–Crippen LogP) is 3.46. The van der Waals surface area contributed by atoms with E-state index in [1.807, 2.05) is 12.1 Å². The summed E-state index contributed by atoms with van der Waals surface area (Å²) in [7, 11) is 0. The highest BCUT2D eigenvalue weighted by Gasteiger charge is 2.12. The lowest BCUT2D eigenvalue weighted by Gasteiger charge is -2.05. The van der Waals surface area contributed by atoms with E-state index in [2.05, 4.69) is 22.2 Å². The van der Waals surface area contributed by atoms with Crippen LogP contribution >= 0.6 is 11.3 Å². The van der Waals surface area contributed by atoms with E-state index in [1.165, 1.54) is 34.2 Å². The summed E-state index contributed by atoms with van der Waals surface area (Å²) >= 11 is 1.40. The summed E-state index contributed by atoms with van der Waals surface area (Å²) in [6.45, 7) is 3.19. The lowest BCUT2D eigenvalue weighted by molar-refractivity contribution is 0.143. The van der Waals surface area contributed by atoms with Crippen LogP contribution in [-0.4, -0.2) is 25.7 Å². The van der Waals surface area contributed by atoms with Crippen molar-refractivity contribution in [1.82, 2.24) is 15.0 Å². The second-order valence-corrected chi connectivity index (χ2v) is 7.06. The minimum atomic E-state index is -1.06. The van der Waals surface area contributed by atoms with Gasteiger partial charge in [0, 0.05) is 5.56 Å². The number of aromatic nitrogens is 3. The number of hydrogen-bond acceptors (Lipinski definition) is 4. The van der Waals surface area contributed by atoms with Gasteiger partial charge in [0.25, 0.3) is 0 Å². The quantitative estimate of drug-likeness (QED) is 0.729. The Labute approximate surface area is 147 Å². The van der Waals surface area contributed by atoms with Crippen LogP contribution < -0.4 is 0 Å². The molecular weight excluding hydrogens is 344 g/mol. The van der Waals surface area contributed by atoms with E-state index in [9.17, 15) is 13.9 Å². The fraction of sp³-hybridized carbons (Fsp3) is 0.222. The number of hydrogen-bond donors (Lipinski definition) is 1. The Bertz CT molecular complexity index is 940. The molecule has 7 heteroatoms. The van der Waals surface area contributed by atoms with E-state index >= 15 is 0 Å². The van der Waals surface area contributed by atoms with E-state index in [-0.39, 0.29) is 12.1 Å². The number of benzene rings is 1. The first-order valence-corrected chi connectivity index (χ1v) is 8.32. The van der Waals surface area contributed by atoms with Gasteiger partial charge in [-0.25, -0.2) is 13.5 Å². The second kappa shape index (κ2) is 6.75. The smallest absolute Gasteiger partial charge is 0.131 e. The van der Waals surface area contributed by atoms with Crippen LogP contribution in [0.15, 0.2) is 36.5 Å². The Balaban J connectivity index is 1.80. The highest BCUT2D eigenvalue weighted by Crippen LogP contribution is 2.26. The van der Waals surface area contributed by atoms with Gasteiger partial charge in [-0.05, 0) is 38.1 Å². The third kappa shape index (κ3) is 4.29. The maximum atomic E-state index is 13.7. The molecule has 0 saturated heterocycles. The van der Waals surface area contributed by atoms with Crippen molar-refractivity contribution in [2.24, 2.45) is 0 Å². The molecule has 128 valence electrons. The van der Waals surface area contributed by atoms with Gasteiger partial charge in [-0.1, -0.05) is 23.1 Å². The van der Waals surface area contributed by atoms with Crippen molar-refractivity contribution in [2.75, 3.05) is 0 Å². The average molecular weight is 359 g/mol. The molecule has 25 heavy (non-hydrogen) atoms. The average Bonchev–Trinajstić information content (AvgIpc) is 3.17. The van der Waals surface area contributed by atoms with Gasteiger partial charge < -0.3 is 5.11 Å². The molecule has 0 bridgehead atoms. The molecule has 0 fully saturated rings. The summed E-state index contributed by atoms with van der Waals surface area (Å²) < 4.78 is 28.8. The molecule has 0 unspecified atom stereocenters. The molecule has 4 nitrogen and oxygen atoms in total. The minimum absolute atomic E-state index is 0.0394. The number of halogens is 2. The zero-order valence-corrected chi connectivity index (χ0v) is 14.4. The maximum Gasteiger partial charge on any atom is 0.131 e. The van der Waals surface area contributed by atoms with E-state index in [0.29, 0.717) is 5.69 Å². The summed E-state index contributed by atoms with van der Waals surface area (Å²) in [4.78, 5) is 1.62. The molecule has 1 aromatic carbocycles. The van der Waals surface area contributed by atoms with Crippen LogP contribution in [0.3, 0.4) is 0 Å². The van der Waals surface area contributed by atoms with Crippen molar-refractivity contribution in [3.05, 3.63) is 58.6 Å². The van der Waals surface area contributed by atoms with Crippen LogP contribution in [0.2, 0.25) is 0 Å². The standard InChI is InChI=1S/C18H15F2N3OS/c1-18(2,24)9-8-12-6-7-17(25-12)16-11-23(22-21-16)10-13-14(19)4-3-5-15(13)20/h3-7,11,24H,10H2,1-2H3. The van der Waals surface area contributed by atoms with Crippen molar-refractivity contribution in [3.63, 3.8) is 0 Å². The maximum absolute atomic E-state index is 13.7. The van der Waals surface area contributed by atoms with E-state index in [1.54, 1.807) is 20.0 Å². The Kier molecular flexibility index (Phi) is 4.66. The zero-order chi connectivity index (χ0) is 18.0. The molecular formula is C18H15F2N3OS. The summed E-state index contributed by atoms with van der Waals surface area (Å²) in [6.07, 6.45) is 1.63. The molecule has 0 aliphatic rings. The molecule has 3 aromatic rings. The molecule has 2 aromatic heterocycles. The van der Waals surface area contributed by atoms with Crippen LogP contribution in [0.5, 0.6) is 0 Å². The number of thiophene rings is 1. The first kappa shape index (κ1) is 17.3. The van der Waals surface area contributed by atoms with Crippen LogP contribution in [0, 0.1) is 23.5 Å². The predicted molar refractivity (Wildman–Crippen MR) is 92.0 cm³/mol. The molecule has 0 radical (unpaired) electrons. The Morgan fingerprint density at radius 1 is 1.20 bits per heavy atom. The van der Waals surface area contributed by atoms with Crippen molar-refractivity contribution >= 4 is 11.3 Å². The van der Waals surface area contributed by atoms with Crippen LogP contribution in [0.1, 0.15) is 24.3 Å². The fourth-order valence-electron chi connectivity index (χ4n) is 2.09. The molecule has 0 aliphatic carbocycles. The number of aliphatic hydroxyl groups is 1. The van der Waals surface area contributed by atoms with Crippen molar-refractivity contribution in [1.29, 1.82) is 0 Å². The molecule has 0 atom stereocenters. The summed E-state index contributed by atoms with van der Waals surface area (Å²) in [6, 6.07) is 7.42. The summed E-state index contributed by atoms with van der Waals surface area (Å²) in [5.74, 6) is 4.42. The van der Waals surface area contributed by atoms with Crippen LogP contribution in [0.25, 0.3) is 10.6 Å². The van der Waals surface area contributed by atoms with Crippen molar-refractivity contribution in [2.45, 2.75) is 26.0 Å². The lowest BCUT2D eigenvalue weighted by atomic mass is 10.1. The van der Waals surface area contributed by atoms with Gasteiger partial charge in [-0.2, -0.15) is 0 Å². The Morgan fingerprint density at radius 3 is 2.60 bits per heavy atom. The first-order chi connectivity index (χ1) is 11.8. The molecule has 3 rings (SSSR count). The first-order valence-electron chi connectivity index (χ1n) is 7.50. The van der Waals surface area contributed by atoms with Gasteiger partial charge in [0.1, 0.15) is 22.9 Å². The molecule has 2 heterocycles. The van der Waals surface area contributed by atoms with Gasteiger partial charge in [0.05, 0.1) is 22.5 Å². The fourth-order valence-corrected chi connectivity index (χ4v) is 2.90. The monoisotopic (exact) mass is 359 g/mol. The Hall–Kier alpha value is -2.56. The van der Waals surface area contributed by atoms with E-state index in [0.717, 1.165) is 9.75 Å². The topological polar surface area (TPSA) is 50.9 Å². The third-order valence-corrected chi connectivity index (χ3v) is 4.29. The van der Waals surface area contributed by atoms with E-state index in [4.69, 9.17) is 0 Å². The molecule has 0 saturated carbocycles. The van der Waals surface area contributed by atoms with Gasteiger partial charge in [-0.15, -0.1) is 16.4 Å². The minimum Gasteiger partial charge on any atom is -0.378 e. The molecule has 1 N–H and O–H groups in total. The van der Waals surface area contributed by atoms with E-state index < -0.39 is 17.2 Å². The van der Waals surface area contributed by atoms with Crippen LogP contribution in [-0.2, 0) is 6.54 Å². The lowest BCUT2D eigenvalue weighted by Crippen LogP contribution is -2.14. The van der Waals surface area contributed by atoms with Gasteiger partial charge in [0.15, 0.2) is 0 Å². The van der Waals surface area contributed by atoms with Gasteiger partial charge in [-0.3, -0.25) is 0 Å². The zero-order valence-electron chi connectivity index (χ0n) is 13.6. The normalized spacial score (nSPS) is 11.2. The second-order valence-electron chi connectivity index (χ2n) is 5.97. The highest BCUT2D eigenvalue weighted by atomic mass is 32.1. The van der Waals surface area contributed by atoms with Gasteiger partial charge in [0.2, 0.25) is 0 Å². The number of rotatable bonds is 3. The van der Waals surface area contributed by atoms with Crippen molar-refractivity contribution < 1.29 is 13.9 Å². The van der Waals surface area contributed by atoms with Crippen molar-refractivity contribution in [3.8, 4) is 22.4 Å². The number of nitrogens with zero attached hydrogens (tertiary/aromatic N) is 3. The van der Waals surface area contributed by atoms with Crippen LogP contribution in [0.4, 0.5) is 8.78 Å².